The fraction of sp³-hybridized carbons (Fsp3) is 0.676. The van der Waals surface area contributed by atoms with E-state index in [4.69, 9.17) is 14.2 Å². The van der Waals surface area contributed by atoms with E-state index < -0.39 is 12.2 Å². The van der Waals surface area contributed by atoms with E-state index in [1.165, 1.54) is 19.3 Å². The van der Waals surface area contributed by atoms with Crippen LogP contribution in [0.2, 0.25) is 0 Å². The lowest BCUT2D eigenvalue weighted by Crippen LogP contribution is -2.20. The molecule has 2 N–H and O–H groups in total. The molecule has 0 aliphatic heterocycles. The monoisotopic (exact) mass is 620 g/mol. The predicted molar refractivity (Wildman–Crippen MR) is 170 cm³/mol. The highest BCUT2D eigenvalue weighted by Gasteiger charge is 2.39. The maximum atomic E-state index is 12.5. The molecule has 0 amide bonds. The average molecular weight is 621 g/mol. The molecule has 0 bridgehead atoms. The van der Waals surface area contributed by atoms with Gasteiger partial charge >= 0.3 is 11.9 Å². The van der Waals surface area contributed by atoms with Gasteiger partial charge < -0.3 is 24.4 Å². The minimum atomic E-state index is -0.736. The second-order valence-electron chi connectivity index (χ2n) is 11.3. The van der Waals surface area contributed by atoms with E-state index in [1.54, 1.807) is 31.0 Å². The highest BCUT2D eigenvalue weighted by Crippen LogP contribution is 2.34. The Kier molecular flexibility index (Phi) is 19.2. The number of carbonyl (C=O) groups is 3. The molecule has 0 radical (unpaired) electrons. The van der Waals surface area contributed by atoms with Crippen molar-refractivity contribution in [3.63, 3.8) is 0 Å². The van der Waals surface area contributed by atoms with E-state index in [1.807, 2.05) is 24.3 Å². The van der Waals surface area contributed by atoms with E-state index in [9.17, 15) is 24.6 Å². The molecule has 0 heterocycles. The molecule has 0 saturated heterocycles. The molecule has 4 atom stereocenters. The summed E-state index contributed by atoms with van der Waals surface area (Å²) in [6.07, 6.45) is 11.3. The number of aliphatic hydroxyl groups excluding tert-OH is 2. The minimum absolute atomic E-state index is 0.0563. The van der Waals surface area contributed by atoms with Crippen molar-refractivity contribution in [2.75, 3.05) is 31.8 Å². The quantitative estimate of drug-likeness (QED) is 0.0915. The van der Waals surface area contributed by atoms with Crippen LogP contribution in [0.4, 0.5) is 0 Å². The Balaban J connectivity index is 1.57. The first-order valence-corrected chi connectivity index (χ1v) is 17.0. The Bertz CT molecular complexity index is 981. The topological polar surface area (TPSA) is 119 Å². The van der Waals surface area contributed by atoms with Crippen molar-refractivity contribution in [2.24, 2.45) is 11.8 Å². The van der Waals surface area contributed by atoms with Gasteiger partial charge in [-0.15, -0.1) is 0 Å². The molecule has 1 fully saturated rings. The van der Waals surface area contributed by atoms with Crippen molar-refractivity contribution in [3.05, 3.63) is 47.5 Å². The number of hydrogen-bond donors (Lipinski definition) is 2. The smallest absolute Gasteiger partial charge is 0.305 e. The molecule has 2 rings (SSSR count). The van der Waals surface area contributed by atoms with Crippen LogP contribution in [0.25, 0.3) is 0 Å². The second-order valence-corrected chi connectivity index (χ2v) is 12.5. The maximum Gasteiger partial charge on any atom is 0.305 e. The van der Waals surface area contributed by atoms with Gasteiger partial charge in [0.2, 0.25) is 0 Å². The van der Waals surface area contributed by atoms with Gasteiger partial charge in [-0.2, -0.15) is 11.8 Å². The summed E-state index contributed by atoms with van der Waals surface area (Å²) in [4.78, 5) is 36.2. The number of unbranched alkanes of at least 4 members (excludes halogenated alkanes) is 5. The van der Waals surface area contributed by atoms with Gasteiger partial charge in [0.1, 0.15) is 19.0 Å². The number of carbonyl (C=O) groups excluding carboxylic acids is 3. The van der Waals surface area contributed by atoms with Crippen LogP contribution in [-0.2, 0) is 41.6 Å². The first-order chi connectivity index (χ1) is 20.8. The molecule has 242 valence electrons. The normalized spacial score (nSPS) is 19.2. The highest BCUT2D eigenvalue weighted by atomic mass is 32.2. The Morgan fingerprint density at radius 3 is 2.40 bits per heavy atom. The van der Waals surface area contributed by atoms with Crippen LogP contribution in [0.15, 0.2) is 36.4 Å². The summed E-state index contributed by atoms with van der Waals surface area (Å²) in [6, 6.07) is 7.87. The Morgan fingerprint density at radius 2 is 1.67 bits per heavy atom. The highest BCUT2D eigenvalue weighted by molar-refractivity contribution is 7.99. The molecule has 4 unspecified atom stereocenters. The molecule has 1 aromatic carbocycles. The average Bonchev–Trinajstić information content (AvgIpc) is 3.25. The molecular formula is C34H52O8S. The number of aliphatic hydroxyl groups is 2. The number of ketones is 1. The lowest BCUT2D eigenvalue weighted by molar-refractivity contribution is -0.152. The molecule has 9 heteroatoms. The molecule has 1 aliphatic carbocycles. The third-order valence-corrected chi connectivity index (χ3v) is 8.72. The number of esters is 2. The van der Waals surface area contributed by atoms with Crippen LogP contribution in [0.5, 0.6) is 0 Å². The Morgan fingerprint density at radius 1 is 1.00 bits per heavy atom. The zero-order valence-electron chi connectivity index (χ0n) is 26.0. The van der Waals surface area contributed by atoms with Crippen LogP contribution in [0, 0.1) is 11.8 Å². The van der Waals surface area contributed by atoms with Gasteiger partial charge in [-0.1, -0.05) is 75.4 Å². The van der Waals surface area contributed by atoms with E-state index >= 15 is 0 Å². The summed E-state index contributed by atoms with van der Waals surface area (Å²) in [5.74, 6) is 0.423. The Labute approximate surface area is 261 Å². The van der Waals surface area contributed by atoms with Crippen LogP contribution in [0.3, 0.4) is 0 Å². The van der Waals surface area contributed by atoms with Gasteiger partial charge in [0.05, 0.1) is 18.8 Å². The molecule has 0 aromatic heterocycles. The second kappa shape index (κ2) is 22.3. The van der Waals surface area contributed by atoms with Gasteiger partial charge in [-0.05, 0) is 41.9 Å². The zero-order valence-corrected chi connectivity index (χ0v) is 26.9. The van der Waals surface area contributed by atoms with Crippen LogP contribution < -0.4 is 0 Å². The van der Waals surface area contributed by atoms with Gasteiger partial charge in [-0.25, -0.2) is 0 Å². The first kappa shape index (κ1) is 37.0. The van der Waals surface area contributed by atoms with Crippen molar-refractivity contribution >= 4 is 29.5 Å². The number of ether oxygens (including phenoxy) is 3. The summed E-state index contributed by atoms with van der Waals surface area (Å²) in [5, 5.41) is 21.0. The number of methoxy groups -OCH3 is 1. The standard InChI is InChI=1S/C34H52O8S/c1-3-4-5-6-7-8-13-33(38)41-18-19-42-34(39)14-10-20-43-21-17-30-29(31(36)24-32(30)37)16-15-28(35)23-26-11-9-12-27(22-26)25-40-2/h9,11-12,15-16,22,28-31,35-36H,3-8,10,13-14,17-21,23-25H2,1-2H3. The van der Waals surface area contributed by atoms with Gasteiger partial charge in [0.15, 0.2) is 0 Å². The molecular weight excluding hydrogens is 568 g/mol. The fourth-order valence-corrected chi connectivity index (χ4v) is 6.28. The fourth-order valence-electron chi connectivity index (χ4n) is 5.31. The number of hydrogen-bond acceptors (Lipinski definition) is 9. The zero-order chi connectivity index (χ0) is 31.3. The number of rotatable bonds is 23. The van der Waals surface area contributed by atoms with Crippen molar-refractivity contribution in [2.45, 2.75) is 103 Å². The summed E-state index contributed by atoms with van der Waals surface area (Å²) in [6.45, 7) is 2.85. The summed E-state index contributed by atoms with van der Waals surface area (Å²) in [5.41, 5.74) is 2.04. The lowest BCUT2D eigenvalue weighted by atomic mass is 9.91. The van der Waals surface area contributed by atoms with E-state index in [2.05, 4.69) is 6.92 Å². The predicted octanol–water partition coefficient (Wildman–Crippen LogP) is 5.60. The molecule has 43 heavy (non-hydrogen) atoms. The van der Waals surface area contributed by atoms with E-state index in [-0.39, 0.29) is 55.6 Å². The van der Waals surface area contributed by atoms with E-state index in [0.717, 1.165) is 41.9 Å². The third-order valence-electron chi connectivity index (χ3n) is 7.62. The molecule has 1 aromatic rings. The largest absolute Gasteiger partial charge is 0.462 e. The maximum absolute atomic E-state index is 12.5. The van der Waals surface area contributed by atoms with Gasteiger partial charge in [-0.3, -0.25) is 14.4 Å². The Hall–Kier alpha value is -2.20. The van der Waals surface area contributed by atoms with Crippen molar-refractivity contribution in [3.8, 4) is 0 Å². The SMILES string of the molecule is CCCCCCCCC(=O)OCCOC(=O)CCCSCCC1C(=O)CC(O)C1C=CC(O)Cc1cccc(COC)c1. The number of benzene rings is 1. The number of Topliss-reactive ketones (excluding diaryl/α,β-unsaturated/α-hetero) is 1. The van der Waals surface area contributed by atoms with Crippen LogP contribution >= 0.6 is 11.8 Å². The third kappa shape index (κ3) is 15.9. The molecule has 1 saturated carbocycles. The van der Waals surface area contributed by atoms with Crippen LogP contribution in [-0.4, -0.2) is 72.0 Å². The first-order valence-electron chi connectivity index (χ1n) is 15.9. The summed E-state index contributed by atoms with van der Waals surface area (Å²) < 4.78 is 15.5. The van der Waals surface area contributed by atoms with Crippen molar-refractivity contribution < 1.29 is 38.8 Å². The number of thioether (sulfide) groups is 1. The molecule has 8 nitrogen and oxygen atoms in total. The molecule has 1 aliphatic rings. The van der Waals surface area contributed by atoms with E-state index in [0.29, 0.717) is 32.3 Å². The summed E-state index contributed by atoms with van der Waals surface area (Å²) >= 11 is 1.67. The van der Waals surface area contributed by atoms with Crippen LogP contribution in [0.1, 0.15) is 88.7 Å². The van der Waals surface area contributed by atoms with Gasteiger partial charge in [0.25, 0.3) is 0 Å². The summed E-state index contributed by atoms with van der Waals surface area (Å²) in [7, 11) is 1.65. The van der Waals surface area contributed by atoms with Crippen molar-refractivity contribution in [1.82, 2.24) is 0 Å². The van der Waals surface area contributed by atoms with Crippen molar-refractivity contribution in [1.29, 1.82) is 0 Å². The molecule has 0 spiro atoms. The minimum Gasteiger partial charge on any atom is -0.462 e. The van der Waals surface area contributed by atoms with Gasteiger partial charge in [0, 0.05) is 44.6 Å². The lowest BCUT2D eigenvalue weighted by Gasteiger charge is -2.18.